The van der Waals surface area contributed by atoms with Crippen molar-refractivity contribution in [2.45, 2.75) is 20.1 Å². The second-order valence-corrected chi connectivity index (χ2v) is 5.53. The van der Waals surface area contributed by atoms with Gasteiger partial charge in [0.15, 0.2) is 5.69 Å². The number of nitrogens with one attached hydrogen (secondary N) is 1. The van der Waals surface area contributed by atoms with E-state index in [0.717, 1.165) is 22.5 Å². The van der Waals surface area contributed by atoms with Gasteiger partial charge in [0.05, 0.1) is 12.3 Å². The van der Waals surface area contributed by atoms with E-state index in [-0.39, 0.29) is 12.5 Å². The van der Waals surface area contributed by atoms with Crippen molar-refractivity contribution in [3.8, 4) is 5.69 Å². The summed E-state index contributed by atoms with van der Waals surface area (Å²) in [6, 6.07) is 18.9. The number of nitrogens with zero attached hydrogens (tertiary/aromatic N) is 2. The maximum atomic E-state index is 12.4. The molecular formula is C19H19N3O2. The number of amides is 1. The van der Waals surface area contributed by atoms with Crippen LogP contribution < -0.4 is 5.32 Å². The summed E-state index contributed by atoms with van der Waals surface area (Å²) >= 11 is 0. The molecule has 1 heterocycles. The number of benzene rings is 2. The van der Waals surface area contributed by atoms with E-state index in [1.807, 2.05) is 61.5 Å². The Morgan fingerprint density at radius 1 is 1.08 bits per heavy atom. The largest absolute Gasteiger partial charge is 0.392 e. The zero-order valence-corrected chi connectivity index (χ0v) is 13.4. The van der Waals surface area contributed by atoms with Crippen LogP contribution in [0.3, 0.4) is 0 Å². The average molecular weight is 321 g/mol. The predicted molar refractivity (Wildman–Crippen MR) is 91.8 cm³/mol. The van der Waals surface area contributed by atoms with Crippen molar-refractivity contribution in [2.75, 3.05) is 0 Å². The summed E-state index contributed by atoms with van der Waals surface area (Å²) in [6.07, 6.45) is 0. The molecule has 0 aliphatic heterocycles. The Morgan fingerprint density at radius 3 is 2.46 bits per heavy atom. The normalized spacial score (nSPS) is 10.6. The summed E-state index contributed by atoms with van der Waals surface area (Å²) in [5, 5.41) is 16.6. The molecule has 0 unspecified atom stereocenters. The summed E-state index contributed by atoms with van der Waals surface area (Å²) in [6.45, 7) is 2.22. The van der Waals surface area contributed by atoms with Crippen molar-refractivity contribution in [3.05, 3.63) is 83.2 Å². The molecule has 0 spiro atoms. The molecular weight excluding hydrogens is 302 g/mol. The highest BCUT2D eigenvalue weighted by atomic mass is 16.3. The van der Waals surface area contributed by atoms with E-state index < -0.39 is 0 Å². The number of aliphatic hydroxyl groups excluding tert-OH is 1. The van der Waals surface area contributed by atoms with E-state index >= 15 is 0 Å². The van der Waals surface area contributed by atoms with Crippen LogP contribution in [0.25, 0.3) is 5.69 Å². The molecule has 0 radical (unpaired) electrons. The lowest BCUT2D eigenvalue weighted by atomic mass is 10.1. The van der Waals surface area contributed by atoms with E-state index in [1.165, 1.54) is 0 Å². The first-order chi connectivity index (χ1) is 11.7. The lowest BCUT2D eigenvalue weighted by Gasteiger charge is -2.08. The first-order valence-corrected chi connectivity index (χ1v) is 7.77. The Bertz CT molecular complexity index is 841. The highest BCUT2D eigenvalue weighted by molar-refractivity contribution is 5.92. The van der Waals surface area contributed by atoms with E-state index in [1.54, 1.807) is 10.7 Å². The van der Waals surface area contributed by atoms with Gasteiger partial charge in [-0.1, -0.05) is 42.5 Å². The highest BCUT2D eigenvalue weighted by Gasteiger charge is 2.13. The molecule has 2 N–H and O–H groups in total. The fourth-order valence-electron chi connectivity index (χ4n) is 2.57. The van der Waals surface area contributed by atoms with Crippen LogP contribution in [0.5, 0.6) is 0 Å². The third-order valence-electron chi connectivity index (χ3n) is 3.85. The number of rotatable bonds is 5. The molecule has 122 valence electrons. The molecule has 24 heavy (non-hydrogen) atoms. The molecule has 0 bridgehead atoms. The number of hydrogen-bond donors (Lipinski definition) is 2. The molecule has 0 saturated heterocycles. The number of aliphatic hydroxyl groups is 1. The van der Waals surface area contributed by atoms with Crippen LogP contribution in [0.15, 0.2) is 60.7 Å². The Balaban J connectivity index is 1.74. The molecule has 2 aromatic carbocycles. The summed E-state index contributed by atoms with van der Waals surface area (Å²) in [4.78, 5) is 12.4. The SMILES string of the molecule is Cc1cc(C(=O)NCc2ccccc2CO)nn1-c1ccccc1. The van der Waals surface area contributed by atoms with Gasteiger partial charge < -0.3 is 10.4 Å². The fraction of sp³-hybridized carbons (Fsp3) is 0.158. The molecule has 0 saturated carbocycles. The second-order valence-electron chi connectivity index (χ2n) is 5.53. The first kappa shape index (κ1) is 16.0. The average Bonchev–Trinajstić information content (AvgIpc) is 3.02. The summed E-state index contributed by atoms with van der Waals surface area (Å²) in [5.41, 5.74) is 3.89. The quantitative estimate of drug-likeness (QED) is 0.759. The van der Waals surface area contributed by atoms with Gasteiger partial charge in [-0.05, 0) is 36.2 Å². The predicted octanol–water partition coefficient (Wildman–Crippen LogP) is 2.60. The van der Waals surface area contributed by atoms with Crippen molar-refractivity contribution in [3.63, 3.8) is 0 Å². The number of para-hydroxylation sites is 1. The smallest absolute Gasteiger partial charge is 0.272 e. The topological polar surface area (TPSA) is 67.2 Å². The first-order valence-electron chi connectivity index (χ1n) is 7.77. The zero-order chi connectivity index (χ0) is 16.9. The fourth-order valence-corrected chi connectivity index (χ4v) is 2.57. The van der Waals surface area contributed by atoms with E-state index in [0.29, 0.717) is 12.2 Å². The molecule has 0 aliphatic carbocycles. The van der Waals surface area contributed by atoms with Crippen LogP contribution in [-0.4, -0.2) is 20.8 Å². The maximum Gasteiger partial charge on any atom is 0.272 e. The van der Waals surface area contributed by atoms with Crippen LogP contribution in [-0.2, 0) is 13.2 Å². The van der Waals surface area contributed by atoms with E-state index in [4.69, 9.17) is 0 Å². The highest BCUT2D eigenvalue weighted by Crippen LogP contribution is 2.12. The van der Waals surface area contributed by atoms with E-state index in [9.17, 15) is 9.90 Å². The van der Waals surface area contributed by atoms with Crippen LogP contribution in [0.2, 0.25) is 0 Å². The molecule has 0 fully saturated rings. The maximum absolute atomic E-state index is 12.4. The summed E-state index contributed by atoms with van der Waals surface area (Å²) < 4.78 is 1.75. The summed E-state index contributed by atoms with van der Waals surface area (Å²) in [7, 11) is 0. The van der Waals surface area contributed by atoms with Gasteiger partial charge in [-0.3, -0.25) is 4.79 Å². The number of carbonyl (C=O) groups is 1. The van der Waals surface area contributed by atoms with Gasteiger partial charge in [-0.25, -0.2) is 4.68 Å². The standard InChI is InChI=1S/C19H19N3O2/c1-14-11-18(21-22(14)17-9-3-2-4-10-17)19(24)20-12-15-7-5-6-8-16(15)13-23/h2-11,23H,12-13H2,1H3,(H,20,24). The van der Waals surface area contributed by atoms with E-state index in [2.05, 4.69) is 10.4 Å². The Hall–Kier alpha value is -2.92. The molecule has 1 amide bonds. The minimum Gasteiger partial charge on any atom is -0.392 e. The van der Waals surface area contributed by atoms with Gasteiger partial charge in [0, 0.05) is 12.2 Å². The van der Waals surface area contributed by atoms with Crippen molar-refractivity contribution in [2.24, 2.45) is 0 Å². The molecule has 1 aromatic heterocycles. The second kappa shape index (κ2) is 7.10. The lowest BCUT2D eigenvalue weighted by molar-refractivity contribution is 0.0945. The number of aromatic nitrogens is 2. The van der Waals surface area contributed by atoms with Crippen molar-refractivity contribution < 1.29 is 9.90 Å². The Kier molecular flexibility index (Phi) is 4.72. The van der Waals surface area contributed by atoms with Crippen molar-refractivity contribution >= 4 is 5.91 Å². The molecule has 3 aromatic rings. The third-order valence-corrected chi connectivity index (χ3v) is 3.85. The molecule has 5 nitrogen and oxygen atoms in total. The molecule has 3 rings (SSSR count). The van der Waals surface area contributed by atoms with Crippen LogP contribution >= 0.6 is 0 Å². The van der Waals surface area contributed by atoms with Gasteiger partial charge in [0.25, 0.3) is 5.91 Å². The minimum absolute atomic E-state index is 0.0478. The minimum atomic E-state index is -0.236. The number of aryl methyl sites for hydroxylation is 1. The molecule has 5 heteroatoms. The van der Waals surface area contributed by atoms with Crippen molar-refractivity contribution in [1.82, 2.24) is 15.1 Å². The Labute approximate surface area is 140 Å². The van der Waals surface area contributed by atoms with Crippen LogP contribution in [0.1, 0.15) is 27.3 Å². The van der Waals surface area contributed by atoms with Crippen LogP contribution in [0.4, 0.5) is 0 Å². The van der Waals surface area contributed by atoms with Gasteiger partial charge in [0.2, 0.25) is 0 Å². The summed E-state index contributed by atoms with van der Waals surface area (Å²) in [5.74, 6) is -0.236. The van der Waals surface area contributed by atoms with Gasteiger partial charge in [-0.15, -0.1) is 0 Å². The van der Waals surface area contributed by atoms with Crippen molar-refractivity contribution in [1.29, 1.82) is 0 Å². The monoisotopic (exact) mass is 321 g/mol. The van der Waals surface area contributed by atoms with Gasteiger partial charge in [-0.2, -0.15) is 5.10 Å². The number of carbonyl (C=O) groups excluding carboxylic acids is 1. The third kappa shape index (κ3) is 3.36. The lowest BCUT2D eigenvalue weighted by Crippen LogP contribution is -2.24. The van der Waals surface area contributed by atoms with Crippen LogP contribution in [0, 0.1) is 6.92 Å². The van der Waals surface area contributed by atoms with Gasteiger partial charge in [0.1, 0.15) is 0 Å². The zero-order valence-electron chi connectivity index (χ0n) is 13.4. The number of hydrogen-bond acceptors (Lipinski definition) is 3. The Morgan fingerprint density at radius 2 is 1.75 bits per heavy atom. The van der Waals surface area contributed by atoms with Gasteiger partial charge >= 0.3 is 0 Å². The molecule has 0 atom stereocenters. The molecule has 0 aliphatic rings.